The molecule has 6 nitrogen and oxygen atoms in total. The van der Waals surface area contributed by atoms with Crippen LogP contribution in [0.3, 0.4) is 0 Å². The number of hydrogen-bond acceptors (Lipinski definition) is 4. The first-order chi connectivity index (χ1) is 12.7. The summed E-state index contributed by atoms with van der Waals surface area (Å²) in [6.45, 7) is 0.747. The van der Waals surface area contributed by atoms with Crippen molar-refractivity contribution >= 4 is 21.1 Å². The van der Waals surface area contributed by atoms with Gasteiger partial charge < -0.3 is 9.30 Å². The van der Waals surface area contributed by atoms with Gasteiger partial charge in [0.2, 0.25) is 10.0 Å². The number of hydrogen-bond donors (Lipinski definition) is 1. The maximum atomic E-state index is 12.2. The molecule has 0 fully saturated rings. The zero-order valence-corrected chi connectivity index (χ0v) is 14.8. The number of alkyl halides is 3. The van der Waals surface area contributed by atoms with E-state index in [1.54, 1.807) is 6.20 Å². The molecule has 1 aromatic carbocycles. The third-order valence-corrected chi connectivity index (χ3v) is 5.24. The van der Waals surface area contributed by atoms with E-state index in [9.17, 15) is 21.6 Å². The first kappa shape index (κ1) is 19.2. The van der Waals surface area contributed by atoms with E-state index in [1.165, 1.54) is 0 Å². The number of nitrogens with one attached hydrogen (secondary N) is 1. The van der Waals surface area contributed by atoms with Gasteiger partial charge in [-0.1, -0.05) is 0 Å². The third kappa shape index (κ3) is 4.98. The molecular weight excluding hydrogens is 383 g/mol. The number of benzene rings is 1. The van der Waals surface area contributed by atoms with Crippen LogP contribution in [-0.2, 0) is 16.6 Å². The van der Waals surface area contributed by atoms with Crippen LogP contribution < -0.4 is 9.46 Å². The molecule has 0 saturated heterocycles. The van der Waals surface area contributed by atoms with Crippen LogP contribution >= 0.6 is 0 Å². The predicted molar refractivity (Wildman–Crippen MR) is 92.7 cm³/mol. The fraction of sp³-hybridized carbons (Fsp3) is 0.235. The van der Waals surface area contributed by atoms with E-state index in [0.29, 0.717) is 13.0 Å². The van der Waals surface area contributed by atoms with Crippen LogP contribution in [0, 0.1) is 0 Å². The molecule has 0 aliphatic carbocycles. The van der Waals surface area contributed by atoms with Crippen molar-refractivity contribution in [2.24, 2.45) is 0 Å². The Labute approximate surface area is 153 Å². The van der Waals surface area contributed by atoms with Gasteiger partial charge in [-0.05, 0) is 48.9 Å². The molecule has 3 rings (SSSR count). The average molecular weight is 399 g/mol. The molecule has 0 aliphatic heterocycles. The number of halogens is 3. The van der Waals surface area contributed by atoms with Crippen LogP contribution in [0.1, 0.15) is 6.42 Å². The second-order valence-corrected chi connectivity index (χ2v) is 7.46. The second kappa shape index (κ2) is 7.57. The molecule has 1 N–H and O–H groups in total. The molecule has 2 aromatic heterocycles. The van der Waals surface area contributed by atoms with E-state index < -0.39 is 22.1 Å². The summed E-state index contributed by atoms with van der Waals surface area (Å²) >= 11 is 0. The highest BCUT2D eigenvalue weighted by Crippen LogP contribution is 2.23. The van der Waals surface area contributed by atoms with Gasteiger partial charge >= 0.3 is 6.36 Å². The van der Waals surface area contributed by atoms with Crippen molar-refractivity contribution in [2.45, 2.75) is 24.2 Å². The molecule has 0 radical (unpaired) electrons. The summed E-state index contributed by atoms with van der Waals surface area (Å²) in [6.07, 6.45) is -0.732. The van der Waals surface area contributed by atoms with E-state index in [1.807, 2.05) is 29.0 Å². The molecule has 0 saturated carbocycles. The van der Waals surface area contributed by atoms with Gasteiger partial charge in [0, 0.05) is 30.9 Å². The van der Waals surface area contributed by atoms with Crippen LogP contribution in [0.2, 0.25) is 0 Å². The largest absolute Gasteiger partial charge is 0.573 e. The molecule has 0 spiro atoms. The number of fused-ring (bicyclic) bond motifs is 1. The van der Waals surface area contributed by atoms with E-state index in [0.717, 1.165) is 35.3 Å². The van der Waals surface area contributed by atoms with Gasteiger partial charge in [-0.2, -0.15) is 0 Å². The lowest BCUT2D eigenvalue weighted by atomic mass is 10.3. The number of rotatable bonds is 7. The van der Waals surface area contributed by atoms with Crippen molar-refractivity contribution < 1.29 is 26.3 Å². The number of sulfonamides is 1. The fourth-order valence-electron chi connectivity index (χ4n) is 2.56. The lowest BCUT2D eigenvalue weighted by Crippen LogP contribution is -2.25. The Bertz CT molecular complexity index is 1020. The Morgan fingerprint density at radius 2 is 1.85 bits per heavy atom. The molecule has 27 heavy (non-hydrogen) atoms. The standard InChI is InChI=1S/C17H16F3N3O3S/c18-17(19,20)26-14-4-6-15(7-5-14)27(24,25)22-10-2-11-23-12-8-13-3-1-9-21-16(13)23/h1,3-9,12,22H,2,10-11H2. The molecule has 0 unspecified atom stereocenters. The molecule has 0 atom stereocenters. The number of aryl methyl sites for hydroxylation is 1. The summed E-state index contributed by atoms with van der Waals surface area (Å²) in [5.41, 5.74) is 0.820. The summed E-state index contributed by atoms with van der Waals surface area (Å²) in [4.78, 5) is 4.15. The summed E-state index contributed by atoms with van der Waals surface area (Å²) < 4.78 is 68.9. The Hall–Kier alpha value is -2.59. The van der Waals surface area contributed by atoms with Crippen molar-refractivity contribution in [2.75, 3.05) is 6.54 Å². The monoisotopic (exact) mass is 399 g/mol. The van der Waals surface area contributed by atoms with Crippen molar-refractivity contribution in [1.29, 1.82) is 0 Å². The van der Waals surface area contributed by atoms with Crippen LogP contribution in [0.15, 0.2) is 59.8 Å². The van der Waals surface area contributed by atoms with Gasteiger partial charge in [0.25, 0.3) is 0 Å². The molecule has 0 amide bonds. The molecule has 2 heterocycles. The van der Waals surface area contributed by atoms with Crippen molar-refractivity contribution in [3.8, 4) is 5.75 Å². The topological polar surface area (TPSA) is 73.2 Å². The molecule has 10 heteroatoms. The first-order valence-corrected chi connectivity index (χ1v) is 9.48. The van der Waals surface area contributed by atoms with E-state index in [2.05, 4.69) is 14.4 Å². The van der Waals surface area contributed by atoms with E-state index in [4.69, 9.17) is 0 Å². The normalized spacial score (nSPS) is 12.4. The van der Waals surface area contributed by atoms with E-state index in [-0.39, 0.29) is 11.4 Å². The van der Waals surface area contributed by atoms with Gasteiger partial charge in [-0.15, -0.1) is 13.2 Å². The minimum atomic E-state index is -4.82. The summed E-state index contributed by atoms with van der Waals surface area (Å²) in [5.74, 6) is -0.478. The molecule has 0 bridgehead atoms. The number of ether oxygens (including phenoxy) is 1. The predicted octanol–water partition coefficient (Wildman–Crippen LogP) is 3.30. The van der Waals surface area contributed by atoms with Crippen LogP contribution in [0.25, 0.3) is 11.0 Å². The van der Waals surface area contributed by atoms with Crippen molar-refractivity contribution in [3.05, 3.63) is 54.9 Å². The molecule has 144 valence electrons. The van der Waals surface area contributed by atoms with E-state index >= 15 is 0 Å². The maximum absolute atomic E-state index is 12.2. The highest BCUT2D eigenvalue weighted by Gasteiger charge is 2.31. The lowest BCUT2D eigenvalue weighted by Gasteiger charge is -2.10. The number of pyridine rings is 1. The van der Waals surface area contributed by atoms with Crippen molar-refractivity contribution in [1.82, 2.24) is 14.3 Å². The SMILES string of the molecule is O=S(=O)(NCCCn1ccc2cccnc21)c1ccc(OC(F)(F)F)cc1. The number of nitrogens with zero attached hydrogens (tertiary/aromatic N) is 2. The highest BCUT2D eigenvalue weighted by molar-refractivity contribution is 7.89. The highest BCUT2D eigenvalue weighted by atomic mass is 32.2. The Morgan fingerprint density at radius 1 is 1.11 bits per heavy atom. The molecule has 3 aromatic rings. The molecule has 0 aliphatic rings. The summed E-state index contributed by atoms with van der Waals surface area (Å²) in [7, 11) is -3.82. The van der Waals surface area contributed by atoms with Gasteiger partial charge in [0.1, 0.15) is 11.4 Å². The van der Waals surface area contributed by atoms with Crippen LogP contribution in [-0.4, -0.2) is 30.9 Å². The minimum Gasteiger partial charge on any atom is -0.406 e. The van der Waals surface area contributed by atoms with Gasteiger partial charge in [0.05, 0.1) is 4.90 Å². The van der Waals surface area contributed by atoms with Crippen LogP contribution in [0.4, 0.5) is 13.2 Å². The van der Waals surface area contributed by atoms with Crippen molar-refractivity contribution in [3.63, 3.8) is 0 Å². The maximum Gasteiger partial charge on any atom is 0.573 e. The van der Waals surface area contributed by atoms with Gasteiger partial charge in [0.15, 0.2) is 0 Å². The second-order valence-electron chi connectivity index (χ2n) is 5.70. The fourth-order valence-corrected chi connectivity index (χ4v) is 3.63. The minimum absolute atomic E-state index is 0.134. The van der Waals surface area contributed by atoms with Gasteiger partial charge in [-0.25, -0.2) is 18.1 Å². The lowest BCUT2D eigenvalue weighted by molar-refractivity contribution is -0.274. The summed E-state index contributed by atoms with van der Waals surface area (Å²) in [5, 5.41) is 0.999. The smallest absolute Gasteiger partial charge is 0.406 e. The average Bonchev–Trinajstić information content (AvgIpc) is 3.01. The van der Waals surface area contributed by atoms with Gasteiger partial charge in [-0.3, -0.25) is 0 Å². The zero-order valence-electron chi connectivity index (χ0n) is 14.0. The zero-order chi connectivity index (χ0) is 19.5. The Kier molecular flexibility index (Phi) is 5.38. The molecular formula is C17H16F3N3O3S. The third-order valence-electron chi connectivity index (χ3n) is 3.76. The quantitative estimate of drug-likeness (QED) is 0.619. The van der Waals surface area contributed by atoms with Crippen LogP contribution in [0.5, 0.6) is 5.75 Å². The first-order valence-electron chi connectivity index (χ1n) is 8.00. The Balaban J connectivity index is 1.55. The Morgan fingerprint density at radius 3 is 2.56 bits per heavy atom. The summed E-state index contributed by atoms with van der Waals surface area (Å²) in [6, 6.07) is 9.75. The number of aromatic nitrogens is 2.